The van der Waals surface area contributed by atoms with E-state index in [1.54, 1.807) is 0 Å². The van der Waals surface area contributed by atoms with Crippen molar-refractivity contribution in [2.75, 3.05) is 46.2 Å². The van der Waals surface area contributed by atoms with Gasteiger partial charge in [-0.1, -0.05) is 0 Å². The number of aliphatic hydroxyl groups is 23. The number of aliphatic hydroxyl groups excluding tert-OH is 23. The molecule has 44 atom stereocenters. The molecule has 46 nitrogen and oxygen atoms in total. The molecule has 9 saturated heterocycles. The summed E-state index contributed by atoms with van der Waals surface area (Å²) < 4.78 is 103. The van der Waals surface area contributed by atoms with Crippen molar-refractivity contribution in [3.05, 3.63) is 0 Å². The van der Waals surface area contributed by atoms with Crippen molar-refractivity contribution in [2.45, 2.75) is 305 Å². The first-order valence-corrected chi connectivity index (χ1v) is 33.8. The first-order valence-electron chi connectivity index (χ1n) is 33.8. The zero-order valence-corrected chi connectivity index (χ0v) is 56.8. The van der Waals surface area contributed by atoms with Gasteiger partial charge >= 0.3 is 0 Å². The molecule has 3 amide bonds. The molecule has 0 aliphatic carbocycles. The van der Waals surface area contributed by atoms with Gasteiger partial charge in [0.05, 0.1) is 58.5 Å². The van der Waals surface area contributed by atoms with Crippen molar-refractivity contribution in [3.8, 4) is 0 Å². The number of ether oxygens (including phenoxy) is 17. The Morgan fingerprint density at radius 3 is 1.24 bits per heavy atom. The fourth-order valence-corrected chi connectivity index (χ4v) is 13.5. The predicted molar refractivity (Wildman–Crippen MR) is 323 cm³/mol. The lowest BCUT2D eigenvalue weighted by Crippen LogP contribution is -2.72. The quantitative estimate of drug-likeness (QED) is 0.0404. The Hall–Kier alpha value is -3.19. The summed E-state index contributed by atoms with van der Waals surface area (Å²) in [5.41, 5.74) is 0. The van der Waals surface area contributed by atoms with Crippen molar-refractivity contribution >= 4 is 17.7 Å². The summed E-state index contributed by atoms with van der Waals surface area (Å²) in [7, 11) is 0. The smallest absolute Gasteiger partial charge is 0.217 e. The molecular formula is C59H99N3O43. The van der Waals surface area contributed by atoms with Gasteiger partial charge in [0.25, 0.3) is 0 Å². The zero-order valence-electron chi connectivity index (χ0n) is 56.8. The molecule has 9 heterocycles. The highest BCUT2D eigenvalue weighted by molar-refractivity contribution is 5.74. The molecule has 0 saturated carbocycles. The van der Waals surface area contributed by atoms with Crippen LogP contribution in [0.25, 0.3) is 0 Å². The lowest BCUT2D eigenvalue weighted by atomic mass is 9.93. The SMILES string of the molecule is CC(=O)N[C@H]1[C@H](O[C@H]2[C@H](O[C@@H]3O[C@@H](C)[C@@H](O)[C@@H](O)[C@@H]3O)[C@@H](NC(C)=O)C(O)O[C@@H]2CO[C@@H]2O[C@@H](C)[C@@H](O)[C@@H](O)[C@@H]2O)O[C@H](CO)[C@@H](O[C@@H]2O[C@H](CO[C@H]3O[C@H](CO)[C@@H](O)[C@H](O)[C@@H]3O)[C@@H](O)[C@H](O[C@H]3O[C@H](CO)[C@@H](O)[C@H](O)[C@@H]3O[C@@H]3O[C@H](CO)[C@@H](O)[C@H](O)[C@H]3NC(C)=O)[C@@H]2O[C@@H]2OC[C@@H](O)[C@H](O)[C@H]2O)[C@@H]1O. The van der Waals surface area contributed by atoms with E-state index in [1.165, 1.54) is 13.8 Å². The van der Waals surface area contributed by atoms with Gasteiger partial charge in [-0.3, -0.25) is 14.4 Å². The summed E-state index contributed by atoms with van der Waals surface area (Å²) in [6, 6.07) is -5.71. The van der Waals surface area contributed by atoms with Crippen molar-refractivity contribution in [1.82, 2.24) is 16.0 Å². The third kappa shape index (κ3) is 19.0. The van der Waals surface area contributed by atoms with Crippen molar-refractivity contribution in [1.29, 1.82) is 0 Å². The number of rotatable bonds is 25. The number of carbonyl (C=O) groups is 3. The molecule has 0 aromatic carbocycles. The van der Waals surface area contributed by atoms with Gasteiger partial charge in [0.2, 0.25) is 17.7 Å². The molecular weight excluding hydrogens is 1440 g/mol. The molecule has 0 bridgehead atoms. The van der Waals surface area contributed by atoms with Crippen molar-refractivity contribution in [2.24, 2.45) is 0 Å². The fraction of sp³-hybridized carbons (Fsp3) is 0.949. The minimum absolute atomic E-state index is 0.819. The molecule has 9 aliphatic rings. The molecule has 46 heteroatoms. The average Bonchev–Trinajstić information content (AvgIpc) is 0.753. The highest BCUT2D eigenvalue weighted by atomic mass is 16.8. The summed E-state index contributed by atoms with van der Waals surface area (Å²) >= 11 is 0. The van der Waals surface area contributed by atoms with E-state index in [1.807, 2.05) is 0 Å². The minimum atomic E-state index is -2.46. The molecule has 9 rings (SSSR count). The van der Waals surface area contributed by atoms with E-state index < -0.39 is 334 Å². The van der Waals surface area contributed by atoms with Crippen LogP contribution in [0.3, 0.4) is 0 Å². The first-order chi connectivity index (χ1) is 49.5. The molecule has 0 aromatic heterocycles. The van der Waals surface area contributed by atoms with E-state index in [4.69, 9.17) is 80.5 Å². The van der Waals surface area contributed by atoms with Gasteiger partial charge in [0, 0.05) is 20.8 Å². The lowest BCUT2D eigenvalue weighted by molar-refractivity contribution is -0.411. The van der Waals surface area contributed by atoms with Crippen molar-refractivity contribution in [3.63, 3.8) is 0 Å². The average molecular weight is 1540 g/mol. The maximum Gasteiger partial charge on any atom is 0.217 e. The Morgan fingerprint density at radius 1 is 0.305 bits per heavy atom. The Bertz CT molecular complexity index is 2750. The molecule has 1 unspecified atom stereocenters. The number of carbonyl (C=O) groups excluding carboxylic acids is 3. The van der Waals surface area contributed by atoms with Crippen LogP contribution >= 0.6 is 0 Å². The molecule has 0 radical (unpaired) electrons. The van der Waals surface area contributed by atoms with Gasteiger partial charge in [-0.25, -0.2) is 0 Å². The highest BCUT2D eigenvalue weighted by Crippen LogP contribution is 2.40. The Morgan fingerprint density at radius 2 is 0.686 bits per heavy atom. The number of nitrogens with one attached hydrogen (secondary N) is 3. The molecule has 0 spiro atoms. The fourth-order valence-electron chi connectivity index (χ4n) is 13.5. The van der Waals surface area contributed by atoms with E-state index in [-0.39, 0.29) is 0 Å². The van der Waals surface area contributed by atoms with Crippen LogP contribution in [0.1, 0.15) is 34.6 Å². The molecule has 0 aromatic rings. The zero-order chi connectivity index (χ0) is 77.2. The molecule has 26 N–H and O–H groups in total. The molecule has 608 valence electrons. The summed E-state index contributed by atoms with van der Waals surface area (Å²) in [4.78, 5) is 39.0. The summed E-state index contributed by atoms with van der Waals surface area (Å²) in [5.74, 6) is -2.76. The maximum absolute atomic E-state index is 13.5. The first kappa shape index (κ1) is 85.8. The third-order valence-corrected chi connectivity index (χ3v) is 19.5. The van der Waals surface area contributed by atoms with Crippen LogP contribution < -0.4 is 16.0 Å². The third-order valence-electron chi connectivity index (χ3n) is 19.5. The topological polar surface area (TPSA) is 710 Å². The van der Waals surface area contributed by atoms with Crippen LogP contribution in [0.15, 0.2) is 0 Å². The minimum Gasteiger partial charge on any atom is -0.394 e. The van der Waals surface area contributed by atoms with E-state index in [0.29, 0.717) is 0 Å². The van der Waals surface area contributed by atoms with E-state index >= 15 is 0 Å². The Kier molecular flexibility index (Phi) is 30.2. The van der Waals surface area contributed by atoms with Crippen molar-refractivity contribution < 1.29 is 212 Å². The van der Waals surface area contributed by atoms with Gasteiger partial charge < -0.3 is 214 Å². The molecule has 9 fully saturated rings. The summed E-state index contributed by atoms with van der Waals surface area (Å²) in [5, 5.41) is 262. The largest absolute Gasteiger partial charge is 0.394 e. The van der Waals surface area contributed by atoms with Gasteiger partial charge in [0.15, 0.2) is 56.6 Å². The lowest BCUT2D eigenvalue weighted by Gasteiger charge is -2.52. The van der Waals surface area contributed by atoms with Gasteiger partial charge in [-0.15, -0.1) is 0 Å². The van der Waals surface area contributed by atoms with Crippen LogP contribution in [0.4, 0.5) is 0 Å². The standard InChI is InChI=1S/C59H99N3O43/c1-13-28(71)37(80)42(85)54(92-13)91-12-24-46(47(27(51(88)94-24)62-17(5)69)102-57-44(87)38(81)29(72)14(2)93-57)101-53-26(61-16(4)68)36(79)45(22(9-66)98-53)100-59-50(105-56-41(84)30(73)18(70)10-89-56)48(34(77)23(99-59)11-90-55-43(86)39(82)32(75)20(7-64)96-55)103-58-49(40(83)33(76)21(8-65)97-58)104-52-25(60-15(3)67)35(78)31(74)19(6-63)95-52/h13-14,18-59,63-66,70-88H,6-12H2,1-5H3,(H,60,67)(H,61,68)(H,62,69)/t13-,14-,18+,19+,20+,21+,22+,23+,24+,25+,26+,27+,28+,29+,30-,31+,32+,33+,34+,35+,36+,37+,38+,39-,40-,41+,42-,43-,44-,45+,46+,47+,48-,49-,50-,51?,52-,53-,54+,55-,56-,57-,58+,59-/m0/s1. The predicted octanol–water partition coefficient (Wildman–Crippen LogP) is -17.5. The van der Waals surface area contributed by atoms with Crippen LogP contribution in [0, 0.1) is 0 Å². The van der Waals surface area contributed by atoms with Crippen LogP contribution in [0.2, 0.25) is 0 Å². The summed E-state index contributed by atoms with van der Waals surface area (Å²) in [6.45, 7) is -1.79. The van der Waals surface area contributed by atoms with Gasteiger partial charge in [0.1, 0.15) is 201 Å². The highest BCUT2D eigenvalue weighted by Gasteiger charge is 2.61. The van der Waals surface area contributed by atoms with Crippen LogP contribution in [-0.2, 0) is 94.9 Å². The number of hydrogen-bond acceptors (Lipinski definition) is 43. The molecule has 105 heavy (non-hydrogen) atoms. The maximum atomic E-state index is 13.5. The van der Waals surface area contributed by atoms with E-state index in [2.05, 4.69) is 16.0 Å². The van der Waals surface area contributed by atoms with Gasteiger partial charge in [-0.2, -0.15) is 0 Å². The van der Waals surface area contributed by atoms with Crippen LogP contribution in [-0.4, -0.2) is 451 Å². The Labute approximate surface area is 595 Å². The van der Waals surface area contributed by atoms with Gasteiger partial charge in [-0.05, 0) is 13.8 Å². The summed E-state index contributed by atoms with van der Waals surface area (Å²) in [6.07, 6.45) is -83.2. The van der Waals surface area contributed by atoms with Crippen LogP contribution in [0.5, 0.6) is 0 Å². The second kappa shape index (κ2) is 37.0. The normalized spacial score (nSPS) is 50.7. The second-order valence-electron chi connectivity index (χ2n) is 27.0. The monoisotopic (exact) mass is 1540 g/mol. The second-order valence-corrected chi connectivity index (χ2v) is 27.0. The van der Waals surface area contributed by atoms with E-state index in [0.717, 1.165) is 20.8 Å². The van der Waals surface area contributed by atoms with E-state index in [9.17, 15) is 132 Å². The number of amides is 3. The number of hydrogen-bond donors (Lipinski definition) is 26. The molecule has 9 aliphatic heterocycles. The Balaban J connectivity index is 1.12.